The van der Waals surface area contributed by atoms with Crippen molar-refractivity contribution in [3.8, 4) is 5.75 Å². The highest BCUT2D eigenvalue weighted by Gasteiger charge is 2.11. The summed E-state index contributed by atoms with van der Waals surface area (Å²) in [7, 11) is 1.52. The van der Waals surface area contributed by atoms with E-state index in [1.165, 1.54) is 14.0 Å². The van der Waals surface area contributed by atoms with Gasteiger partial charge in [0, 0.05) is 33.8 Å². The Labute approximate surface area is 184 Å². The van der Waals surface area contributed by atoms with E-state index in [2.05, 4.69) is 10.6 Å². The van der Waals surface area contributed by atoms with E-state index in [0.29, 0.717) is 27.7 Å². The number of benzene rings is 3. The first-order chi connectivity index (χ1) is 14.4. The molecule has 0 aliphatic carbocycles. The van der Waals surface area contributed by atoms with Crippen LogP contribution in [0.3, 0.4) is 0 Å². The number of halogens is 1. The third kappa shape index (κ3) is 6.02. The van der Waals surface area contributed by atoms with Crippen LogP contribution in [-0.2, 0) is 10.5 Å². The summed E-state index contributed by atoms with van der Waals surface area (Å²) in [4.78, 5) is 25.1. The smallest absolute Gasteiger partial charge is 0.255 e. The molecular weight excluding hydrogens is 420 g/mol. The van der Waals surface area contributed by atoms with Gasteiger partial charge in [-0.3, -0.25) is 9.59 Å². The fourth-order valence-corrected chi connectivity index (χ4v) is 3.71. The molecule has 0 unspecified atom stereocenters. The number of anilines is 2. The molecule has 0 saturated carbocycles. The number of ether oxygens (including phenoxy) is 1. The second-order valence-corrected chi connectivity index (χ2v) is 7.98. The number of carbonyl (C=O) groups is 2. The third-order valence-electron chi connectivity index (χ3n) is 4.20. The van der Waals surface area contributed by atoms with Gasteiger partial charge in [-0.25, -0.2) is 0 Å². The van der Waals surface area contributed by atoms with Crippen LogP contribution in [0.25, 0.3) is 0 Å². The number of methoxy groups -OCH3 is 1. The SMILES string of the molecule is COc1ccc(NC(C)=O)cc1NC(=O)c1ccc(CSc2ccc(Cl)cc2)cc1. The van der Waals surface area contributed by atoms with Crippen molar-refractivity contribution in [3.05, 3.63) is 82.9 Å². The van der Waals surface area contributed by atoms with E-state index in [0.717, 1.165) is 16.2 Å². The molecule has 0 aliphatic heterocycles. The van der Waals surface area contributed by atoms with Gasteiger partial charge in [0.05, 0.1) is 12.8 Å². The minimum atomic E-state index is -0.259. The maximum Gasteiger partial charge on any atom is 0.255 e. The van der Waals surface area contributed by atoms with Crippen molar-refractivity contribution in [1.29, 1.82) is 0 Å². The maximum absolute atomic E-state index is 12.7. The monoisotopic (exact) mass is 440 g/mol. The molecule has 0 fully saturated rings. The first-order valence-corrected chi connectivity index (χ1v) is 10.6. The highest BCUT2D eigenvalue weighted by atomic mass is 35.5. The second kappa shape index (κ2) is 10.2. The molecule has 0 aliphatic rings. The first kappa shape index (κ1) is 21.7. The highest BCUT2D eigenvalue weighted by molar-refractivity contribution is 7.98. The van der Waals surface area contributed by atoms with Crippen molar-refractivity contribution >= 4 is 46.6 Å². The van der Waals surface area contributed by atoms with Crippen molar-refractivity contribution in [2.75, 3.05) is 17.7 Å². The Bertz CT molecular complexity index is 1040. The molecule has 0 atom stereocenters. The summed E-state index contributed by atoms with van der Waals surface area (Å²) in [5.74, 6) is 0.846. The molecule has 5 nitrogen and oxygen atoms in total. The number of hydrogen-bond donors (Lipinski definition) is 2. The molecule has 2 amide bonds. The summed E-state index contributed by atoms with van der Waals surface area (Å²) in [5.41, 5.74) is 2.70. The van der Waals surface area contributed by atoms with Gasteiger partial charge in [0.2, 0.25) is 5.91 Å². The van der Waals surface area contributed by atoms with Crippen LogP contribution >= 0.6 is 23.4 Å². The van der Waals surface area contributed by atoms with Crippen LogP contribution in [-0.4, -0.2) is 18.9 Å². The van der Waals surface area contributed by atoms with Crippen LogP contribution in [0.15, 0.2) is 71.6 Å². The molecule has 0 saturated heterocycles. The van der Waals surface area contributed by atoms with E-state index in [1.54, 1.807) is 42.1 Å². The number of nitrogens with one attached hydrogen (secondary N) is 2. The molecule has 3 aromatic carbocycles. The fourth-order valence-electron chi connectivity index (χ4n) is 2.73. The van der Waals surface area contributed by atoms with Crippen molar-refractivity contribution in [2.24, 2.45) is 0 Å². The normalized spacial score (nSPS) is 10.4. The number of rotatable bonds is 7. The standard InChI is InChI=1S/C23H21ClN2O3S/c1-15(27)25-19-9-12-22(29-2)21(13-19)26-23(28)17-5-3-16(4-6-17)14-30-20-10-7-18(24)8-11-20/h3-13H,14H2,1-2H3,(H,25,27)(H,26,28). The lowest BCUT2D eigenvalue weighted by Crippen LogP contribution is -2.13. The molecule has 30 heavy (non-hydrogen) atoms. The third-order valence-corrected chi connectivity index (χ3v) is 5.54. The average molecular weight is 441 g/mol. The van der Waals surface area contributed by atoms with Gasteiger partial charge in [-0.1, -0.05) is 23.7 Å². The van der Waals surface area contributed by atoms with Crippen molar-refractivity contribution in [3.63, 3.8) is 0 Å². The summed E-state index contributed by atoms with van der Waals surface area (Å²) in [6.07, 6.45) is 0. The number of hydrogen-bond acceptors (Lipinski definition) is 4. The molecule has 0 aromatic heterocycles. The summed E-state index contributed by atoms with van der Waals surface area (Å²) in [6.45, 7) is 1.43. The summed E-state index contributed by atoms with van der Waals surface area (Å²) in [6, 6.07) is 20.2. The van der Waals surface area contributed by atoms with Gasteiger partial charge in [-0.15, -0.1) is 11.8 Å². The van der Waals surface area contributed by atoms with Gasteiger partial charge >= 0.3 is 0 Å². The van der Waals surface area contributed by atoms with Crippen LogP contribution in [0.2, 0.25) is 5.02 Å². The first-order valence-electron chi connectivity index (χ1n) is 9.19. The van der Waals surface area contributed by atoms with E-state index in [4.69, 9.17) is 16.3 Å². The molecule has 0 spiro atoms. The zero-order valence-corrected chi connectivity index (χ0v) is 18.1. The summed E-state index contributed by atoms with van der Waals surface area (Å²) in [5, 5.41) is 6.25. The molecule has 3 aromatic rings. The van der Waals surface area contributed by atoms with Gasteiger partial charge in [0.1, 0.15) is 5.75 Å². The summed E-state index contributed by atoms with van der Waals surface area (Å²) < 4.78 is 5.30. The fraction of sp³-hybridized carbons (Fsp3) is 0.130. The Hall–Kier alpha value is -2.96. The van der Waals surface area contributed by atoms with E-state index < -0.39 is 0 Å². The zero-order valence-electron chi connectivity index (χ0n) is 16.6. The number of amides is 2. The number of thioether (sulfide) groups is 1. The van der Waals surface area contributed by atoms with E-state index >= 15 is 0 Å². The minimum absolute atomic E-state index is 0.190. The predicted molar refractivity (Wildman–Crippen MR) is 123 cm³/mol. The van der Waals surface area contributed by atoms with Crippen molar-refractivity contribution in [2.45, 2.75) is 17.6 Å². The average Bonchev–Trinajstić information content (AvgIpc) is 2.73. The molecule has 0 heterocycles. The van der Waals surface area contributed by atoms with Crippen LogP contribution < -0.4 is 15.4 Å². The van der Waals surface area contributed by atoms with Gasteiger partial charge in [-0.2, -0.15) is 0 Å². The van der Waals surface area contributed by atoms with Crippen LogP contribution in [0.4, 0.5) is 11.4 Å². The highest BCUT2D eigenvalue weighted by Crippen LogP contribution is 2.29. The zero-order chi connectivity index (χ0) is 21.5. The quantitative estimate of drug-likeness (QED) is 0.452. The predicted octanol–water partition coefficient (Wildman–Crippen LogP) is 5.85. The Morgan fingerprint density at radius 1 is 0.967 bits per heavy atom. The van der Waals surface area contributed by atoms with Crippen molar-refractivity contribution in [1.82, 2.24) is 0 Å². The Kier molecular flexibility index (Phi) is 7.38. The van der Waals surface area contributed by atoms with Crippen LogP contribution in [0.5, 0.6) is 5.75 Å². The molecule has 3 rings (SSSR count). The second-order valence-electron chi connectivity index (χ2n) is 6.49. The van der Waals surface area contributed by atoms with Gasteiger partial charge in [0.15, 0.2) is 0 Å². The van der Waals surface area contributed by atoms with Crippen LogP contribution in [0.1, 0.15) is 22.8 Å². The van der Waals surface area contributed by atoms with Gasteiger partial charge in [0.25, 0.3) is 5.91 Å². The lowest BCUT2D eigenvalue weighted by Gasteiger charge is -2.12. The Morgan fingerprint density at radius 2 is 1.67 bits per heavy atom. The van der Waals surface area contributed by atoms with Crippen molar-refractivity contribution < 1.29 is 14.3 Å². The lowest BCUT2D eigenvalue weighted by atomic mass is 10.1. The van der Waals surface area contributed by atoms with E-state index in [1.807, 2.05) is 36.4 Å². The topological polar surface area (TPSA) is 67.4 Å². The minimum Gasteiger partial charge on any atom is -0.495 e. The Balaban J connectivity index is 1.65. The van der Waals surface area contributed by atoms with Crippen LogP contribution in [0, 0.1) is 0 Å². The molecule has 154 valence electrons. The number of carbonyl (C=O) groups excluding carboxylic acids is 2. The molecule has 7 heteroatoms. The summed E-state index contributed by atoms with van der Waals surface area (Å²) >= 11 is 7.61. The van der Waals surface area contributed by atoms with E-state index in [9.17, 15) is 9.59 Å². The largest absolute Gasteiger partial charge is 0.495 e. The maximum atomic E-state index is 12.7. The molecule has 0 radical (unpaired) electrons. The molecular formula is C23H21ClN2O3S. The molecule has 0 bridgehead atoms. The van der Waals surface area contributed by atoms with E-state index in [-0.39, 0.29) is 11.8 Å². The molecule has 2 N–H and O–H groups in total. The van der Waals surface area contributed by atoms with Gasteiger partial charge < -0.3 is 15.4 Å². The lowest BCUT2D eigenvalue weighted by molar-refractivity contribution is -0.114. The van der Waals surface area contributed by atoms with Gasteiger partial charge in [-0.05, 0) is 60.2 Å². The Morgan fingerprint density at radius 3 is 2.30 bits per heavy atom.